The van der Waals surface area contributed by atoms with Gasteiger partial charge in [0.2, 0.25) is 0 Å². The molecule has 20 heavy (non-hydrogen) atoms. The normalized spacial score (nSPS) is 16.4. The summed E-state index contributed by atoms with van der Waals surface area (Å²) >= 11 is 0. The van der Waals surface area contributed by atoms with Crippen LogP contribution in [0.25, 0.3) is 5.57 Å². The van der Waals surface area contributed by atoms with Crippen LogP contribution in [0.1, 0.15) is 5.56 Å². The van der Waals surface area contributed by atoms with Crippen molar-refractivity contribution >= 4 is 5.57 Å². The van der Waals surface area contributed by atoms with Gasteiger partial charge in [0.25, 0.3) is 0 Å². The molecular formula is C15H17F2NO2. The monoisotopic (exact) mass is 281 g/mol. The third-order valence-corrected chi connectivity index (χ3v) is 3.09. The maximum atomic E-state index is 13.2. The minimum absolute atomic E-state index is 0.524. The van der Waals surface area contributed by atoms with E-state index in [0.717, 1.165) is 18.7 Å². The third-order valence-electron chi connectivity index (χ3n) is 3.09. The van der Waals surface area contributed by atoms with Crippen molar-refractivity contribution in [1.82, 2.24) is 4.90 Å². The zero-order valence-corrected chi connectivity index (χ0v) is 11.4. The van der Waals surface area contributed by atoms with Gasteiger partial charge in [0.1, 0.15) is 5.76 Å². The Labute approximate surface area is 117 Å². The zero-order chi connectivity index (χ0) is 14.5. The number of allylic oxidation sites excluding steroid dienone is 2. The van der Waals surface area contributed by atoms with Crippen molar-refractivity contribution in [3.8, 4) is 0 Å². The van der Waals surface area contributed by atoms with Gasteiger partial charge >= 0.3 is 0 Å². The van der Waals surface area contributed by atoms with Gasteiger partial charge < -0.3 is 9.47 Å². The Kier molecular flexibility index (Phi) is 4.87. The summed E-state index contributed by atoms with van der Waals surface area (Å²) < 4.78 is 36.6. The second kappa shape index (κ2) is 6.63. The zero-order valence-electron chi connectivity index (χ0n) is 11.4. The first-order valence-corrected chi connectivity index (χ1v) is 6.29. The molecule has 1 aliphatic rings. The Balaban J connectivity index is 2.09. The lowest BCUT2D eigenvalue weighted by atomic mass is 10.1. The molecule has 1 aromatic rings. The summed E-state index contributed by atoms with van der Waals surface area (Å²) in [6.45, 7) is 6.58. The van der Waals surface area contributed by atoms with Crippen LogP contribution in [0.5, 0.6) is 0 Å². The van der Waals surface area contributed by atoms with E-state index in [9.17, 15) is 8.78 Å². The number of halogens is 2. The van der Waals surface area contributed by atoms with Gasteiger partial charge in [0, 0.05) is 6.54 Å². The third kappa shape index (κ3) is 3.65. The lowest BCUT2D eigenvalue weighted by Crippen LogP contribution is -2.23. The fraction of sp³-hybridized carbons (Fsp3) is 0.333. The maximum Gasteiger partial charge on any atom is 0.159 e. The summed E-state index contributed by atoms with van der Waals surface area (Å²) in [6, 6.07) is 3.70. The summed E-state index contributed by atoms with van der Waals surface area (Å²) in [5, 5.41) is 0. The average molecular weight is 281 g/mol. The van der Waals surface area contributed by atoms with Crippen molar-refractivity contribution < 1.29 is 18.3 Å². The number of benzene rings is 1. The summed E-state index contributed by atoms with van der Waals surface area (Å²) in [4.78, 5) is 2.08. The standard InChI is InChI=1S/C15H17F2NO2/c1-11(12-3-4-14(16)15(17)8-12)7-13(19-2)9-18-5-6-20-10-18/h3-4,7-8H,1,5-6,9-10H2,2H3/b13-7-. The Morgan fingerprint density at radius 1 is 1.45 bits per heavy atom. The summed E-state index contributed by atoms with van der Waals surface area (Å²) in [5.41, 5.74) is 1.09. The van der Waals surface area contributed by atoms with E-state index in [1.807, 2.05) is 0 Å². The number of hydrogen-bond acceptors (Lipinski definition) is 3. The fourth-order valence-electron chi connectivity index (χ4n) is 1.94. The van der Waals surface area contributed by atoms with Gasteiger partial charge in [-0.05, 0) is 29.3 Å². The van der Waals surface area contributed by atoms with Gasteiger partial charge in [-0.1, -0.05) is 12.6 Å². The molecule has 3 nitrogen and oxygen atoms in total. The molecule has 1 fully saturated rings. The van der Waals surface area contributed by atoms with E-state index in [1.165, 1.54) is 6.07 Å². The van der Waals surface area contributed by atoms with Crippen LogP contribution < -0.4 is 0 Å². The van der Waals surface area contributed by atoms with Crippen molar-refractivity contribution in [3.63, 3.8) is 0 Å². The molecule has 1 heterocycles. The Hall–Kier alpha value is -1.72. The van der Waals surface area contributed by atoms with Crippen LogP contribution in [0.15, 0.2) is 36.6 Å². The van der Waals surface area contributed by atoms with Crippen LogP contribution in [-0.4, -0.2) is 38.4 Å². The van der Waals surface area contributed by atoms with Crippen molar-refractivity contribution in [2.24, 2.45) is 0 Å². The summed E-state index contributed by atoms with van der Waals surface area (Å²) in [6.07, 6.45) is 1.73. The number of ether oxygens (including phenoxy) is 2. The van der Waals surface area contributed by atoms with Crippen LogP contribution in [-0.2, 0) is 9.47 Å². The van der Waals surface area contributed by atoms with Gasteiger partial charge in [0.15, 0.2) is 11.6 Å². The first kappa shape index (κ1) is 14.7. The van der Waals surface area contributed by atoms with Crippen molar-refractivity contribution in [2.45, 2.75) is 0 Å². The van der Waals surface area contributed by atoms with Crippen LogP contribution in [0, 0.1) is 11.6 Å². The molecule has 1 aromatic carbocycles. The molecule has 0 saturated carbocycles. The van der Waals surface area contributed by atoms with Crippen molar-refractivity contribution in [3.05, 3.63) is 53.8 Å². The average Bonchev–Trinajstić information content (AvgIpc) is 2.93. The number of methoxy groups -OCH3 is 1. The first-order valence-electron chi connectivity index (χ1n) is 6.29. The van der Waals surface area contributed by atoms with E-state index in [1.54, 1.807) is 13.2 Å². The summed E-state index contributed by atoms with van der Waals surface area (Å²) in [5.74, 6) is -1.05. The van der Waals surface area contributed by atoms with Crippen molar-refractivity contribution in [1.29, 1.82) is 0 Å². The van der Waals surface area contributed by atoms with E-state index >= 15 is 0 Å². The lowest BCUT2D eigenvalue weighted by molar-refractivity contribution is 0.134. The summed E-state index contributed by atoms with van der Waals surface area (Å²) in [7, 11) is 1.57. The molecule has 2 rings (SSSR count). The fourth-order valence-corrected chi connectivity index (χ4v) is 1.94. The smallest absolute Gasteiger partial charge is 0.159 e. The Morgan fingerprint density at radius 2 is 2.25 bits per heavy atom. The molecule has 1 aliphatic heterocycles. The highest BCUT2D eigenvalue weighted by Gasteiger charge is 2.14. The molecule has 0 atom stereocenters. The molecule has 0 spiro atoms. The minimum atomic E-state index is -0.885. The largest absolute Gasteiger partial charge is 0.500 e. The molecule has 0 unspecified atom stereocenters. The highest BCUT2D eigenvalue weighted by atomic mass is 19.2. The molecule has 0 N–H and O–H groups in total. The van der Waals surface area contributed by atoms with E-state index in [-0.39, 0.29) is 0 Å². The molecule has 0 aromatic heterocycles. The van der Waals surface area contributed by atoms with E-state index in [2.05, 4.69) is 11.5 Å². The highest BCUT2D eigenvalue weighted by molar-refractivity contribution is 5.72. The van der Waals surface area contributed by atoms with Crippen LogP contribution in [0.3, 0.4) is 0 Å². The number of nitrogens with zero attached hydrogens (tertiary/aromatic N) is 1. The maximum absolute atomic E-state index is 13.2. The quantitative estimate of drug-likeness (QED) is 0.612. The predicted octanol–water partition coefficient (Wildman–Crippen LogP) is 2.80. The van der Waals surface area contributed by atoms with Gasteiger partial charge in [-0.25, -0.2) is 8.78 Å². The topological polar surface area (TPSA) is 21.7 Å². The molecule has 0 bridgehead atoms. The molecule has 0 aliphatic carbocycles. The lowest BCUT2D eigenvalue weighted by Gasteiger charge is -2.15. The van der Waals surface area contributed by atoms with E-state index in [0.29, 0.717) is 36.8 Å². The van der Waals surface area contributed by atoms with Gasteiger partial charge in [-0.15, -0.1) is 0 Å². The van der Waals surface area contributed by atoms with Crippen LogP contribution in [0.2, 0.25) is 0 Å². The Bertz CT molecular complexity index is 523. The second-order valence-electron chi connectivity index (χ2n) is 4.56. The Morgan fingerprint density at radius 3 is 2.85 bits per heavy atom. The molecule has 5 heteroatoms. The van der Waals surface area contributed by atoms with Crippen molar-refractivity contribution in [2.75, 3.05) is 33.5 Å². The van der Waals surface area contributed by atoms with Gasteiger partial charge in [-0.3, -0.25) is 4.90 Å². The molecule has 0 amide bonds. The predicted molar refractivity (Wildman–Crippen MR) is 72.9 cm³/mol. The second-order valence-corrected chi connectivity index (χ2v) is 4.56. The molecule has 0 radical (unpaired) electrons. The van der Waals surface area contributed by atoms with Crippen LogP contribution in [0.4, 0.5) is 8.78 Å². The van der Waals surface area contributed by atoms with Gasteiger partial charge in [0.05, 0.1) is 27.0 Å². The first-order chi connectivity index (χ1) is 9.60. The number of hydrogen-bond donors (Lipinski definition) is 0. The highest BCUT2D eigenvalue weighted by Crippen LogP contribution is 2.19. The molecule has 108 valence electrons. The van der Waals surface area contributed by atoms with Crippen LogP contribution >= 0.6 is 0 Å². The van der Waals surface area contributed by atoms with E-state index in [4.69, 9.17) is 9.47 Å². The molecular weight excluding hydrogens is 264 g/mol. The van der Waals surface area contributed by atoms with Gasteiger partial charge in [-0.2, -0.15) is 0 Å². The molecule has 1 saturated heterocycles. The van der Waals surface area contributed by atoms with E-state index < -0.39 is 11.6 Å². The number of rotatable bonds is 5. The SMILES string of the molecule is C=C(/C=C(/CN1CCOC1)OC)c1ccc(F)c(F)c1. The minimum Gasteiger partial charge on any atom is -0.500 e.